The van der Waals surface area contributed by atoms with Gasteiger partial charge in [-0.15, -0.1) is 0 Å². The summed E-state index contributed by atoms with van der Waals surface area (Å²) in [4.78, 5) is 20.8. The molecular weight excluding hydrogens is 358 g/mol. The number of hydrogen-bond donors (Lipinski definition) is 1. The largest absolute Gasteiger partial charge is 0.496 e. The van der Waals surface area contributed by atoms with Crippen LogP contribution in [-0.4, -0.2) is 23.0 Å². The summed E-state index contributed by atoms with van der Waals surface area (Å²) >= 11 is 3.40. The third-order valence-electron chi connectivity index (χ3n) is 3.42. The Morgan fingerprint density at radius 3 is 2.87 bits per heavy atom. The molecule has 1 amide bonds. The van der Waals surface area contributed by atoms with Crippen molar-refractivity contribution in [2.75, 3.05) is 7.11 Å². The number of nitrogens with zero attached hydrogens (tertiary/aromatic N) is 2. The molecule has 0 spiro atoms. The summed E-state index contributed by atoms with van der Waals surface area (Å²) < 4.78 is 6.04. The highest BCUT2D eigenvalue weighted by Gasteiger charge is 2.10. The first kappa shape index (κ1) is 15.4. The number of benzene rings is 1. The third kappa shape index (κ3) is 3.32. The quantitative estimate of drug-likeness (QED) is 0.763. The summed E-state index contributed by atoms with van der Waals surface area (Å²) in [6.45, 7) is 0.375. The topological polar surface area (TPSA) is 64.1 Å². The van der Waals surface area contributed by atoms with Crippen molar-refractivity contribution in [1.29, 1.82) is 0 Å². The van der Waals surface area contributed by atoms with Crippen molar-refractivity contribution in [3.63, 3.8) is 0 Å². The normalized spacial score (nSPS) is 10.5. The number of rotatable bonds is 4. The first-order valence-corrected chi connectivity index (χ1v) is 7.78. The van der Waals surface area contributed by atoms with E-state index in [0.29, 0.717) is 17.8 Å². The molecule has 23 heavy (non-hydrogen) atoms. The summed E-state index contributed by atoms with van der Waals surface area (Å²) in [7, 11) is 1.61. The lowest BCUT2D eigenvalue weighted by Crippen LogP contribution is -2.24. The van der Waals surface area contributed by atoms with Crippen molar-refractivity contribution in [2.45, 2.75) is 6.54 Å². The fourth-order valence-electron chi connectivity index (χ4n) is 2.25. The van der Waals surface area contributed by atoms with Crippen LogP contribution >= 0.6 is 15.9 Å². The maximum absolute atomic E-state index is 12.3. The number of para-hydroxylation sites is 1. The van der Waals surface area contributed by atoms with Crippen LogP contribution in [0.2, 0.25) is 0 Å². The predicted octanol–water partition coefficient (Wildman–Crippen LogP) is 3.33. The lowest BCUT2D eigenvalue weighted by atomic mass is 10.2. The molecule has 0 aliphatic heterocycles. The molecule has 1 aromatic carbocycles. The standard InChI is InChI=1S/C17H14BrN3O2/c1-23-15-5-3-2-4-11(15)9-20-17(22)14-7-6-12-8-19-10-13(18)16(12)21-14/h2-8,10H,9H2,1H3,(H,20,22). The SMILES string of the molecule is COc1ccccc1CNC(=O)c1ccc2cncc(Br)c2n1. The average molecular weight is 372 g/mol. The van der Waals surface area contributed by atoms with Gasteiger partial charge >= 0.3 is 0 Å². The highest BCUT2D eigenvalue weighted by molar-refractivity contribution is 9.10. The highest BCUT2D eigenvalue weighted by atomic mass is 79.9. The van der Waals surface area contributed by atoms with Crippen LogP contribution in [0.25, 0.3) is 10.9 Å². The van der Waals surface area contributed by atoms with Gasteiger partial charge in [0.05, 0.1) is 17.1 Å². The van der Waals surface area contributed by atoms with E-state index in [1.165, 1.54) is 0 Å². The molecule has 5 nitrogen and oxygen atoms in total. The molecule has 116 valence electrons. The Kier molecular flexibility index (Phi) is 4.52. The number of fused-ring (bicyclic) bond motifs is 1. The Balaban J connectivity index is 1.79. The number of carbonyl (C=O) groups is 1. The van der Waals surface area contributed by atoms with Crippen molar-refractivity contribution in [2.24, 2.45) is 0 Å². The maximum atomic E-state index is 12.3. The molecule has 0 saturated carbocycles. The number of halogens is 1. The average Bonchev–Trinajstić information content (AvgIpc) is 2.60. The molecule has 0 aliphatic carbocycles. The molecular formula is C17H14BrN3O2. The van der Waals surface area contributed by atoms with E-state index in [4.69, 9.17) is 4.74 Å². The summed E-state index contributed by atoms with van der Waals surface area (Å²) in [6, 6.07) is 11.1. The van der Waals surface area contributed by atoms with Crippen LogP contribution < -0.4 is 10.1 Å². The first-order chi connectivity index (χ1) is 11.2. The van der Waals surface area contributed by atoms with E-state index in [1.807, 2.05) is 30.3 Å². The van der Waals surface area contributed by atoms with Crippen LogP contribution in [0.4, 0.5) is 0 Å². The van der Waals surface area contributed by atoms with Crippen LogP contribution in [0.15, 0.2) is 53.3 Å². The van der Waals surface area contributed by atoms with Crippen molar-refractivity contribution < 1.29 is 9.53 Å². The van der Waals surface area contributed by atoms with Crippen molar-refractivity contribution in [3.8, 4) is 5.75 Å². The van der Waals surface area contributed by atoms with Gasteiger partial charge in [0.1, 0.15) is 11.4 Å². The van der Waals surface area contributed by atoms with Crippen molar-refractivity contribution in [3.05, 3.63) is 64.5 Å². The van der Waals surface area contributed by atoms with E-state index in [-0.39, 0.29) is 5.91 Å². The molecule has 0 bridgehead atoms. The van der Waals surface area contributed by atoms with Crippen LogP contribution in [-0.2, 0) is 6.54 Å². The second kappa shape index (κ2) is 6.75. The Bertz CT molecular complexity index is 867. The fourth-order valence-corrected chi connectivity index (χ4v) is 2.69. The second-order valence-corrected chi connectivity index (χ2v) is 5.74. The monoisotopic (exact) mass is 371 g/mol. The second-order valence-electron chi connectivity index (χ2n) is 4.88. The minimum absolute atomic E-state index is 0.235. The number of amides is 1. The van der Waals surface area contributed by atoms with Crippen LogP contribution in [0.3, 0.4) is 0 Å². The van der Waals surface area contributed by atoms with Gasteiger partial charge in [-0.2, -0.15) is 0 Å². The summed E-state index contributed by atoms with van der Waals surface area (Å²) in [5.74, 6) is 0.509. The van der Waals surface area contributed by atoms with Crippen LogP contribution in [0.1, 0.15) is 16.1 Å². The third-order valence-corrected chi connectivity index (χ3v) is 4.00. The zero-order valence-electron chi connectivity index (χ0n) is 12.4. The molecule has 2 heterocycles. The number of methoxy groups -OCH3 is 1. The number of aromatic nitrogens is 2. The van der Waals surface area contributed by atoms with Gasteiger partial charge in [0.2, 0.25) is 0 Å². The number of nitrogens with one attached hydrogen (secondary N) is 1. The zero-order chi connectivity index (χ0) is 16.2. The molecule has 1 N–H and O–H groups in total. The molecule has 3 aromatic rings. The lowest BCUT2D eigenvalue weighted by molar-refractivity contribution is 0.0946. The molecule has 0 saturated heterocycles. The van der Waals surface area contributed by atoms with Gasteiger partial charge in [-0.25, -0.2) is 4.98 Å². The number of carbonyl (C=O) groups excluding carboxylic acids is 1. The molecule has 0 atom stereocenters. The molecule has 6 heteroatoms. The smallest absolute Gasteiger partial charge is 0.270 e. The molecule has 2 aromatic heterocycles. The molecule has 0 aliphatic rings. The predicted molar refractivity (Wildman–Crippen MR) is 91.4 cm³/mol. The van der Waals surface area contributed by atoms with E-state index in [2.05, 4.69) is 31.2 Å². The molecule has 3 rings (SSSR count). The fraction of sp³-hybridized carbons (Fsp3) is 0.118. The molecule has 0 fully saturated rings. The van der Waals surface area contributed by atoms with Gasteiger partial charge < -0.3 is 10.1 Å². The minimum atomic E-state index is -0.235. The van der Waals surface area contributed by atoms with Gasteiger partial charge in [-0.1, -0.05) is 18.2 Å². The van der Waals surface area contributed by atoms with Gasteiger partial charge in [-0.05, 0) is 34.1 Å². The van der Waals surface area contributed by atoms with Gasteiger partial charge in [0.15, 0.2) is 0 Å². The number of pyridine rings is 2. The molecule has 0 radical (unpaired) electrons. The van der Waals surface area contributed by atoms with Crippen LogP contribution in [0.5, 0.6) is 5.75 Å². The van der Waals surface area contributed by atoms with Crippen LogP contribution in [0, 0.1) is 0 Å². The highest BCUT2D eigenvalue weighted by Crippen LogP contribution is 2.21. The minimum Gasteiger partial charge on any atom is -0.496 e. The van der Waals surface area contributed by atoms with Gasteiger partial charge in [0, 0.05) is 29.9 Å². The van der Waals surface area contributed by atoms with Crippen molar-refractivity contribution >= 4 is 32.7 Å². The number of hydrogen-bond acceptors (Lipinski definition) is 4. The maximum Gasteiger partial charge on any atom is 0.270 e. The summed E-state index contributed by atoms with van der Waals surface area (Å²) in [5.41, 5.74) is 1.98. The summed E-state index contributed by atoms with van der Waals surface area (Å²) in [6.07, 6.45) is 3.37. The Hall–Kier alpha value is -2.47. The van der Waals surface area contributed by atoms with E-state index in [1.54, 1.807) is 25.6 Å². The summed E-state index contributed by atoms with van der Waals surface area (Å²) in [5, 5.41) is 3.74. The Morgan fingerprint density at radius 2 is 2.04 bits per heavy atom. The first-order valence-electron chi connectivity index (χ1n) is 6.99. The van der Waals surface area contributed by atoms with E-state index in [0.717, 1.165) is 21.2 Å². The zero-order valence-corrected chi connectivity index (χ0v) is 14.0. The van der Waals surface area contributed by atoms with E-state index in [9.17, 15) is 4.79 Å². The van der Waals surface area contributed by atoms with E-state index >= 15 is 0 Å². The Morgan fingerprint density at radius 1 is 1.22 bits per heavy atom. The number of ether oxygens (including phenoxy) is 1. The Labute approximate surface area is 141 Å². The lowest BCUT2D eigenvalue weighted by Gasteiger charge is -2.09. The van der Waals surface area contributed by atoms with Crippen molar-refractivity contribution in [1.82, 2.24) is 15.3 Å². The molecule has 0 unspecified atom stereocenters. The van der Waals surface area contributed by atoms with E-state index < -0.39 is 0 Å². The van der Waals surface area contributed by atoms with Gasteiger partial charge in [0.25, 0.3) is 5.91 Å². The van der Waals surface area contributed by atoms with Gasteiger partial charge in [-0.3, -0.25) is 9.78 Å².